The number of benzene rings is 2. The van der Waals surface area contributed by atoms with Crippen LogP contribution in [0.15, 0.2) is 40.9 Å². The van der Waals surface area contributed by atoms with Gasteiger partial charge in [0, 0.05) is 16.7 Å². The van der Waals surface area contributed by atoms with Gasteiger partial charge >= 0.3 is 6.03 Å². The molecule has 0 spiro atoms. The number of rotatable bonds is 4. The van der Waals surface area contributed by atoms with Gasteiger partial charge in [-0.2, -0.15) is 0 Å². The van der Waals surface area contributed by atoms with E-state index in [1.807, 2.05) is 50.2 Å². The summed E-state index contributed by atoms with van der Waals surface area (Å²) >= 11 is 3.45. The Labute approximate surface area is 139 Å². The molecule has 2 aromatic carbocycles. The van der Waals surface area contributed by atoms with Crippen molar-refractivity contribution < 1.29 is 9.53 Å². The molecule has 0 saturated carbocycles. The molecule has 2 N–H and O–H groups in total. The molecule has 0 aliphatic heterocycles. The van der Waals surface area contributed by atoms with Crippen LogP contribution in [0.4, 0.5) is 10.5 Å². The number of amides is 2. The van der Waals surface area contributed by atoms with Gasteiger partial charge in [0.15, 0.2) is 0 Å². The Morgan fingerprint density at radius 1 is 1.14 bits per heavy atom. The number of nitrogens with one attached hydrogen (secondary N) is 2. The van der Waals surface area contributed by atoms with Crippen molar-refractivity contribution in [2.45, 2.75) is 20.4 Å². The van der Waals surface area contributed by atoms with Crippen molar-refractivity contribution in [3.05, 3.63) is 57.6 Å². The highest BCUT2D eigenvalue weighted by Crippen LogP contribution is 2.25. The van der Waals surface area contributed by atoms with Gasteiger partial charge in [0.2, 0.25) is 0 Å². The number of halogens is 1. The highest BCUT2D eigenvalue weighted by atomic mass is 79.9. The molecule has 2 rings (SSSR count). The molecule has 0 aromatic heterocycles. The molecule has 2 amide bonds. The number of hydrogen-bond acceptors (Lipinski definition) is 2. The lowest BCUT2D eigenvalue weighted by molar-refractivity contribution is 0.251. The molecule has 0 radical (unpaired) electrons. The van der Waals surface area contributed by atoms with Crippen LogP contribution in [-0.4, -0.2) is 13.1 Å². The van der Waals surface area contributed by atoms with Crippen LogP contribution in [-0.2, 0) is 6.54 Å². The van der Waals surface area contributed by atoms with Crippen molar-refractivity contribution >= 4 is 27.6 Å². The van der Waals surface area contributed by atoms with E-state index in [-0.39, 0.29) is 6.03 Å². The number of anilines is 1. The van der Waals surface area contributed by atoms with E-state index < -0.39 is 0 Å². The summed E-state index contributed by atoms with van der Waals surface area (Å²) < 4.78 is 6.11. The SMILES string of the molecule is COc1ccc(CNC(=O)Nc2c(C)cc(Br)cc2C)cc1. The van der Waals surface area contributed by atoms with Gasteiger partial charge in [-0.1, -0.05) is 28.1 Å². The molecule has 0 aliphatic rings. The average Bonchev–Trinajstić information content (AvgIpc) is 2.49. The fourth-order valence-corrected chi connectivity index (χ4v) is 2.88. The third kappa shape index (κ3) is 4.24. The van der Waals surface area contributed by atoms with Gasteiger partial charge in [-0.25, -0.2) is 4.79 Å². The van der Waals surface area contributed by atoms with Crippen LogP contribution in [0.5, 0.6) is 5.75 Å². The molecule has 2 aromatic rings. The summed E-state index contributed by atoms with van der Waals surface area (Å²) in [6, 6.07) is 11.3. The predicted octanol–water partition coefficient (Wildman–Crippen LogP) is 4.40. The molecule has 0 unspecified atom stereocenters. The Morgan fingerprint density at radius 3 is 2.27 bits per heavy atom. The number of carbonyl (C=O) groups is 1. The predicted molar refractivity (Wildman–Crippen MR) is 92.5 cm³/mol. The third-order valence-electron chi connectivity index (χ3n) is 3.35. The fourth-order valence-electron chi connectivity index (χ4n) is 2.19. The van der Waals surface area contributed by atoms with E-state index in [0.29, 0.717) is 6.54 Å². The topological polar surface area (TPSA) is 50.4 Å². The van der Waals surface area contributed by atoms with E-state index in [9.17, 15) is 4.79 Å². The quantitative estimate of drug-likeness (QED) is 0.846. The van der Waals surface area contributed by atoms with Crippen LogP contribution in [0, 0.1) is 13.8 Å². The monoisotopic (exact) mass is 362 g/mol. The molecule has 0 fully saturated rings. The number of carbonyl (C=O) groups excluding carboxylic acids is 1. The lowest BCUT2D eigenvalue weighted by Crippen LogP contribution is -2.28. The number of methoxy groups -OCH3 is 1. The summed E-state index contributed by atoms with van der Waals surface area (Å²) in [6.07, 6.45) is 0. The lowest BCUT2D eigenvalue weighted by atomic mass is 10.1. The largest absolute Gasteiger partial charge is 0.497 e. The summed E-state index contributed by atoms with van der Waals surface area (Å²) in [4.78, 5) is 12.0. The van der Waals surface area contributed by atoms with E-state index in [4.69, 9.17) is 4.74 Å². The van der Waals surface area contributed by atoms with Gasteiger partial charge in [-0.15, -0.1) is 0 Å². The third-order valence-corrected chi connectivity index (χ3v) is 3.81. The summed E-state index contributed by atoms with van der Waals surface area (Å²) in [6.45, 7) is 4.40. The minimum Gasteiger partial charge on any atom is -0.497 e. The second-order valence-corrected chi connectivity index (χ2v) is 5.99. The molecule has 4 nitrogen and oxygen atoms in total. The van der Waals surface area contributed by atoms with Gasteiger partial charge < -0.3 is 15.4 Å². The van der Waals surface area contributed by atoms with Crippen molar-refractivity contribution in [2.24, 2.45) is 0 Å². The normalized spacial score (nSPS) is 10.2. The number of aryl methyl sites for hydroxylation is 2. The summed E-state index contributed by atoms with van der Waals surface area (Å²) in [5.41, 5.74) is 3.90. The smallest absolute Gasteiger partial charge is 0.319 e. The molecule has 0 atom stereocenters. The van der Waals surface area contributed by atoms with Crippen LogP contribution < -0.4 is 15.4 Å². The molecule has 0 heterocycles. The molecule has 116 valence electrons. The second-order valence-electron chi connectivity index (χ2n) is 5.07. The number of ether oxygens (including phenoxy) is 1. The minimum absolute atomic E-state index is 0.218. The minimum atomic E-state index is -0.218. The molecule has 0 bridgehead atoms. The van der Waals surface area contributed by atoms with E-state index >= 15 is 0 Å². The number of hydrogen-bond donors (Lipinski definition) is 2. The summed E-state index contributed by atoms with van der Waals surface area (Å²) in [7, 11) is 1.63. The summed E-state index contributed by atoms with van der Waals surface area (Å²) in [5, 5.41) is 5.75. The Hall–Kier alpha value is -2.01. The average molecular weight is 363 g/mol. The molecular weight excluding hydrogens is 344 g/mol. The maximum Gasteiger partial charge on any atom is 0.319 e. The fraction of sp³-hybridized carbons (Fsp3) is 0.235. The van der Waals surface area contributed by atoms with Gasteiger partial charge in [0.1, 0.15) is 5.75 Å². The van der Waals surface area contributed by atoms with E-state index in [1.165, 1.54) is 0 Å². The first-order valence-corrected chi connectivity index (χ1v) is 7.73. The van der Waals surface area contributed by atoms with Gasteiger partial charge in [0.25, 0.3) is 0 Å². The maximum atomic E-state index is 12.0. The van der Waals surface area contributed by atoms with Crippen LogP contribution >= 0.6 is 15.9 Å². The highest BCUT2D eigenvalue weighted by molar-refractivity contribution is 9.10. The maximum absolute atomic E-state index is 12.0. The van der Waals surface area contributed by atoms with Crippen molar-refractivity contribution in [3.8, 4) is 5.75 Å². The van der Waals surface area contributed by atoms with E-state index in [2.05, 4.69) is 26.6 Å². The van der Waals surface area contributed by atoms with Crippen LogP contribution in [0.25, 0.3) is 0 Å². The molecule has 0 aliphatic carbocycles. The van der Waals surface area contributed by atoms with Gasteiger partial charge in [0.05, 0.1) is 7.11 Å². The standard InChI is InChI=1S/C17H19BrN2O2/c1-11-8-14(18)9-12(2)16(11)20-17(21)19-10-13-4-6-15(22-3)7-5-13/h4-9H,10H2,1-3H3,(H2,19,20,21). The van der Waals surface area contributed by atoms with Crippen molar-refractivity contribution in [2.75, 3.05) is 12.4 Å². The number of urea groups is 1. The van der Waals surface area contributed by atoms with Crippen molar-refractivity contribution in [1.82, 2.24) is 5.32 Å². The Morgan fingerprint density at radius 2 is 1.73 bits per heavy atom. The van der Waals surface area contributed by atoms with Crippen LogP contribution in [0.3, 0.4) is 0 Å². The van der Waals surface area contributed by atoms with E-state index in [0.717, 1.165) is 32.6 Å². The zero-order valence-corrected chi connectivity index (χ0v) is 14.5. The molecular formula is C17H19BrN2O2. The Balaban J connectivity index is 1.95. The van der Waals surface area contributed by atoms with Crippen molar-refractivity contribution in [3.63, 3.8) is 0 Å². The molecule has 0 saturated heterocycles. The highest BCUT2D eigenvalue weighted by Gasteiger charge is 2.08. The summed E-state index contributed by atoms with van der Waals surface area (Å²) in [5.74, 6) is 0.800. The van der Waals surface area contributed by atoms with E-state index in [1.54, 1.807) is 7.11 Å². The second kappa shape index (κ2) is 7.31. The van der Waals surface area contributed by atoms with Gasteiger partial charge in [-0.3, -0.25) is 0 Å². The first-order chi connectivity index (χ1) is 10.5. The van der Waals surface area contributed by atoms with Gasteiger partial charge in [-0.05, 0) is 54.8 Å². The van der Waals surface area contributed by atoms with Crippen LogP contribution in [0.2, 0.25) is 0 Å². The first kappa shape index (κ1) is 16.4. The lowest BCUT2D eigenvalue weighted by Gasteiger charge is -2.13. The Kier molecular flexibility index (Phi) is 5.44. The zero-order valence-electron chi connectivity index (χ0n) is 12.9. The molecule has 22 heavy (non-hydrogen) atoms. The van der Waals surface area contributed by atoms with Crippen molar-refractivity contribution in [1.29, 1.82) is 0 Å². The molecule has 5 heteroatoms. The zero-order chi connectivity index (χ0) is 16.1. The Bertz CT molecular complexity index is 646. The van der Waals surface area contributed by atoms with Crippen LogP contribution in [0.1, 0.15) is 16.7 Å². The first-order valence-electron chi connectivity index (χ1n) is 6.94.